The molecule has 0 radical (unpaired) electrons. The molecule has 0 saturated heterocycles. The van der Waals surface area contributed by atoms with Gasteiger partial charge in [-0.2, -0.15) is 0 Å². The van der Waals surface area contributed by atoms with Crippen LogP contribution in [0, 0.1) is 5.92 Å². The first-order valence-electron chi connectivity index (χ1n) is 6.50. The maximum absolute atomic E-state index is 11.1. The van der Waals surface area contributed by atoms with Crippen molar-refractivity contribution >= 4 is 33.3 Å². The number of carbonyl (C=O) groups is 1. The van der Waals surface area contributed by atoms with E-state index in [0.717, 1.165) is 5.56 Å². The lowest BCUT2D eigenvalue weighted by atomic mass is 10.1. The molecule has 1 atom stereocenters. The first-order valence-corrected chi connectivity index (χ1v) is 8.45. The lowest BCUT2D eigenvalue weighted by molar-refractivity contribution is -0.140. The van der Waals surface area contributed by atoms with Crippen LogP contribution in [0.2, 0.25) is 0 Å². The predicted octanol–water partition coefficient (Wildman–Crippen LogP) is 0.407. The van der Waals surface area contributed by atoms with Crippen LogP contribution in [0.3, 0.4) is 0 Å². The number of carboxylic acids is 1. The Labute approximate surface area is 135 Å². The van der Waals surface area contributed by atoms with E-state index in [2.05, 4.69) is 10.6 Å². The second-order valence-corrected chi connectivity index (χ2v) is 7.05. The Bertz CT molecular complexity index is 642. The number of nitrogens with one attached hydrogen (secondary N) is 2. The zero-order valence-corrected chi connectivity index (χ0v) is 13.9. The Balaban J connectivity index is 2.59. The largest absolute Gasteiger partial charge is 0.480 e. The van der Waals surface area contributed by atoms with Gasteiger partial charge in [0.15, 0.2) is 5.11 Å². The summed E-state index contributed by atoms with van der Waals surface area (Å²) in [6.07, 6.45) is 0. The van der Waals surface area contributed by atoms with Crippen LogP contribution < -0.4 is 15.8 Å². The highest BCUT2D eigenvalue weighted by Crippen LogP contribution is 2.08. The smallest absolute Gasteiger partial charge is 0.326 e. The van der Waals surface area contributed by atoms with Gasteiger partial charge in [0.1, 0.15) is 6.04 Å². The lowest BCUT2D eigenvalue weighted by Gasteiger charge is -2.20. The van der Waals surface area contributed by atoms with Crippen molar-refractivity contribution in [2.75, 3.05) is 0 Å². The highest BCUT2D eigenvalue weighted by atomic mass is 32.2. The molecule has 1 aromatic rings. The van der Waals surface area contributed by atoms with Gasteiger partial charge in [-0.25, -0.2) is 18.4 Å². The van der Waals surface area contributed by atoms with Crippen LogP contribution in [-0.2, 0) is 21.4 Å². The third kappa shape index (κ3) is 5.58. The molecule has 0 aliphatic heterocycles. The molecule has 5 N–H and O–H groups in total. The number of thiocarbonyl (C=S) groups is 1. The van der Waals surface area contributed by atoms with Crippen molar-refractivity contribution in [3.63, 3.8) is 0 Å². The van der Waals surface area contributed by atoms with Crippen molar-refractivity contribution in [3.8, 4) is 0 Å². The van der Waals surface area contributed by atoms with E-state index in [0.29, 0.717) is 6.54 Å². The number of benzene rings is 1. The van der Waals surface area contributed by atoms with E-state index in [1.54, 1.807) is 26.0 Å². The number of sulfonamides is 1. The molecule has 0 amide bonds. The van der Waals surface area contributed by atoms with Crippen LogP contribution in [0.15, 0.2) is 29.2 Å². The maximum Gasteiger partial charge on any atom is 0.326 e. The molecule has 0 aliphatic rings. The maximum atomic E-state index is 11.1. The van der Waals surface area contributed by atoms with Gasteiger partial charge in [-0.05, 0) is 35.8 Å². The summed E-state index contributed by atoms with van der Waals surface area (Å²) in [7, 11) is -3.71. The molecular formula is C13H19N3O4S2. The van der Waals surface area contributed by atoms with E-state index in [1.807, 2.05) is 0 Å². The van der Waals surface area contributed by atoms with Crippen molar-refractivity contribution in [1.29, 1.82) is 0 Å². The van der Waals surface area contributed by atoms with Crippen LogP contribution in [-0.4, -0.2) is 30.6 Å². The van der Waals surface area contributed by atoms with Gasteiger partial charge in [0.2, 0.25) is 10.0 Å². The summed E-state index contributed by atoms with van der Waals surface area (Å²) in [4.78, 5) is 11.1. The van der Waals surface area contributed by atoms with Gasteiger partial charge in [0.05, 0.1) is 4.90 Å². The Morgan fingerprint density at radius 2 is 1.86 bits per heavy atom. The quantitative estimate of drug-likeness (QED) is 0.551. The van der Waals surface area contributed by atoms with Gasteiger partial charge in [-0.1, -0.05) is 26.0 Å². The molecule has 0 saturated carbocycles. The molecule has 0 spiro atoms. The zero-order valence-electron chi connectivity index (χ0n) is 12.2. The summed E-state index contributed by atoms with van der Waals surface area (Å²) in [6, 6.07) is 5.23. The first kappa shape index (κ1) is 18.3. The third-order valence-corrected chi connectivity index (χ3v) is 4.12. The van der Waals surface area contributed by atoms with Crippen LogP contribution in [0.4, 0.5) is 0 Å². The number of primary sulfonamides is 1. The molecule has 0 aliphatic carbocycles. The average Bonchev–Trinajstić information content (AvgIpc) is 2.41. The monoisotopic (exact) mass is 345 g/mol. The Hall–Kier alpha value is -1.71. The molecule has 1 rings (SSSR count). The second-order valence-electron chi connectivity index (χ2n) is 5.08. The summed E-state index contributed by atoms with van der Waals surface area (Å²) >= 11 is 5.05. The number of carboxylic acid groups (broad SMARTS) is 1. The molecule has 0 heterocycles. The van der Waals surface area contributed by atoms with E-state index >= 15 is 0 Å². The SMILES string of the molecule is CC(C)C(NC(=S)NCc1ccc(S(N)(=O)=O)cc1)C(=O)O. The van der Waals surface area contributed by atoms with Crippen molar-refractivity contribution in [2.45, 2.75) is 31.3 Å². The molecule has 0 aromatic heterocycles. The van der Waals surface area contributed by atoms with Crippen molar-refractivity contribution < 1.29 is 18.3 Å². The topological polar surface area (TPSA) is 122 Å². The standard InChI is InChI=1S/C13H19N3O4S2/c1-8(2)11(12(17)18)16-13(21)15-7-9-3-5-10(6-4-9)22(14,19)20/h3-6,8,11H,7H2,1-2H3,(H,17,18)(H2,14,19,20)(H2,15,16,21). The average molecular weight is 345 g/mol. The fraction of sp³-hybridized carbons (Fsp3) is 0.385. The molecule has 22 heavy (non-hydrogen) atoms. The van der Waals surface area contributed by atoms with Crippen LogP contribution in [0.5, 0.6) is 0 Å². The Kier molecular flexibility index (Phi) is 6.27. The summed E-state index contributed by atoms with van der Waals surface area (Å²) in [6.45, 7) is 3.89. The number of hydrogen-bond donors (Lipinski definition) is 4. The minimum atomic E-state index is -3.71. The highest BCUT2D eigenvalue weighted by molar-refractivity contribution is 7.89. The van der Waals surface area contributed by atoms with E-state index in [9.17, 15) is 13.2 Å². The van der Waals surface area contributed by atoms with E-state index in [4.69, 9.17) is 22.5 Å². The van der Waals surface area contributed by atoms with Crippen molar-refractivity contribution in [1.82, 2.24) is 10.6 Å². The van der Waals surface area contributed by atoms with E-state index in [-0.39, 0.29) is 15.9 Å². The third-order valence-electron chi connectivity index (χ3n) is 2.92. The fourth-order valence-electron chi connectivity index (χ4n) is 1.69. The van der Waals surface area contributed by atoms with E-state index in [1.165, 1.54) is 12.1 Å². The Morgan fingerprint density at radius 3 is 2.27 bits per heavy atom. The van der Waals surface area contributed by atoms with Gasteiger partial charge in [-0.3, -0.25) is 0 Å². The summed E-state index contributed by atoms with van der Waals surface area (Å²) in [5, 5.41) is 19.9. The minimum Gasteiger partial charge on any atom is -0.480 e. The molecule has 7 nitrogen and oxygen atoms in total. The highest BCUT2D eigenvalue weighted by Gasteiger charge is 2.21. The summed E-state index contributed by atoms with van der Waals surface area (Å²) in [5.74, 6) is -1.09. The Morgan fingerprint density at radius 1 is 1.32 bits per heavy atom. The molecule has 0 bridgehead atoms. The van der Waals surface area contributed by atoms with Gasteiger partial charge in [0.25, 0.3) is 0 Å². The van der Waals surface area contributed by atoms with E-state index < -0.39 is 22.0 Å². The van der Waals surface area contributed by atoms with Crippen LogP contribution in [0.1, 0.15) is 19.4 Å². The fourth-order valence-corrected chi connectivity index (χ4v) is 2.40. The number of aliphatic carboxylic acids is 1. The van der Waals surface area contributed by atoms with Crippen LogP contribution >= 0.6 is 12.2 Å². The van der Waals surface area contributed by atoms with Gasteiger partial charge < -0.3 is 15.7 Å². The van der Waals surface area contributed by atoms with Gasteiger partial charge in [0, 0.05) is 6.54 Å². The number of hydrogen-bond acceptors (Lipinski definition) is 4. The van der Waals surface area contributed by atoms with Crippen molar-refractivity contribution in [3.05, 3.63) is 29.8 Å². The number of rotatable bonds is 6. The number of nitrogens with two attached hydrogens (primary N) is 1. The van der Waals surface area contributed by atoms with Crippen molar-refractivity contribution in [2.24, 2.45) is 11.1 Å². The normalized spacial score (nSPS) is 12.7. The molecular weight excluding hydrogens is 326 g/mol. The molecule has 1 aromatic carbocycles. The predicted molar refractivity (Wildman–Crippen MR) is 86.7 cm³/mol. The summed E-state index contributed by atoms with van der Waals surface area (Å²) in [5.41, 5.74) is 0.785. The zero-order chi connectivity index (χ0) is 16.9. The second kappa shape index (κ2) is 7.52. The lowest BCUT2D eigenvalue weighted by Crippen LogP contribution is -2.48. The summed E-state index contributed by atoms with van der Waals surface area (Å²) < 4.78 is 22.3. The molecule has 9 heteroatoms. The first-order chi connectivity index (χ1) is 10.1. The van der Waals surface area contributed by atoms with Gasteiger partial charge in [-0.15, -0.1) is 0 Å². The van der Waals surface area contributed by atoms with Gasteiger partial charge >= 0.3 is 5.97 Å². The van der Waals surface area contributed by atoms with Crippen LogP contribution in [0.25, 0.3) is 0 Å². The minimum absolute atomic E-state index is 0.0303. The molecule has 1 unspecified atom stereocenters. The molecule has 122 valence electrons. The molecule has 0 fully saturated rings.